The van der Waals surface area contributed by atoms with E-state index in [9.17, 15) is 9.59 Å². The fourth-order valence-electron chi connectivity index (χ4n) is 2.66. The van der Waals surface area contributed by atoms with Gasteiger partial charge in [-0.2, -0.15) is 0 Å². The molecule has 2 rings (SSSR count). The third-order valence-electron chi connectivity index (χ3n) is 4.21. The van der Waals surface area contributed by atoms with E-state index in [-0.39, 0.29) is 52.1 Å². The van der Waals surface area contributed by atoms with E-state index in [2.05, 4.69) is 0 Å². The summed E-state index contributed by atoms with van der Waals surface area (Å²) in [5, 5.41) is 18.0. The normalized spacial score (nSPS) is 33.2. The van der Waals surface area contributed by atoms with Gasteiger partial charge in [0.05, 0.1) is 39.3 Å². The van der Waals surface area contributed by atoms with Gasteiger partial charge in [0.25, 0.3) is 12.3 Å². The van der Waals surface area contributed by atoms with Gasteiger partial charge in [0, 0.05) is 12.8 Å². The molecule has 27 heavy (non-hydrogen) atoms. The number of hydrogen-bond acceptors (Lipinski definition) is 11. The Hall–Kier alpha value is -0.950. The average Bonchev–Trinajstić information content (AvgIpc) is 3.22. The Kier molecular flexibility index (Phi) is 8.28. The van der Waals surface area contributed by atoms with Gasteiger partial charge in [0.15, 0.2) is 11.6 Å². The molecule has 2 aliphatic heterocycles. The number of aliphatic hydroxyl groups is 2. The van der Waals surface area contributed by atoms with E-state index in [1.165, 1.54) is 0 Å². The molecule has 2 fully saturated rings. The first-order valence-electron chi connectivity index (χ1n) is 8.69. The zero-order valence-electron chi connectivity index (χ0n) is 15.4. The average molecular weight is 410 g/mol. The minimum atomic E-state index is -0.948. The van der Waals surface area contributed by atoms with Crippen LogP contribution in [0.2, 0.25) is 0 Å². The molecule has 0 aromatic carbocycles. The number of carbonyl (C=O) groups excluding carboxylic acids is 2. The number of rotatable bonds is 10. The van der Waals surface area contributed by atoms with E-state index in [0.717, 1.165) is 0 Å². The molecule has 156 valence electrons. The minimum absolute atomic E-state index is 0.00149. The molecule has 0 spiro atoms. The van der Waals surface area contributed by atoms with Crippen LogP contribution in [0.15, 0.2) is 0 Å². The summed E-state index contributed by atoms with van der Waals surface area (Å²) < 4.78 is 31.4. The summed E-state index contributed by atoms with van der Waals surface area (Å²) in [6.07, 6.45) is -0.304. The maximum atomic E-state index is 11.7. The van der Waals surface area contributed by atoms with Gasteiger partial charge in [0.2, 0.25) is 0 Å². The van der Waals surface area contributed by atoms with Crippen molar-refractivity contribution < 1.29 is 47.1 Å². The lowest BCUT2D eigenvalue weighted by Gasteiger charge is -2.22. The number of ether oxygens (including phenoxy) is 4. The molecule has 4 unspecified atom stereocenters. The van der Waals surface area contributed by atoms with Crippen LogP contribution in [0.25, 0.3) is 0 Å². The Balaban J connectivity index is 1.56. The van der Waals surface area contributed by atoms with Crippen molar-refractivity contribution in [2.45, 2.75) is 63.3 Å². The quantitative estimate of drug-likeness (QED) is 0.487. The van der Waals surface area contributed by atoms with Crippen LogP contribution in [0, 0.1) is 0 Å². The highest BCUT2D eigenvalue weighted by molar-refractivity contribution is 7.90. The molecule has 0 amide bonds. The monoisotopic (exact) mass is 410 g/mol. The summed E-state index contributed by atoms with van der Waals surface area (Å²) in [4.78, 5) is 23.4. The zero-order valence-corrected chi connectivity index (χ0v) is 16.2. The fraction of sp³-hybridized carbons (Fsp3) is 0.875. The maximum Gasteiger partial charge on any atom is 0.321 e. The van der Waals surface area contributed by atoms with Crippen molar-refractivity contribution in [3.63, 3.8) is 0 Å². The van der Waals surface area contributed by atoms with Crippen molar-refractivity contribution in [2.75, 3.05) is 26.4 Å². The number of aliphatic hydroxyl groups excluding tert-OH is 2. The van der Waals surface area contributed by atoms with E-state index in [0.29, 0.717) is 12.3 Å². The predicted octanol–water partition coefficient (Wildman–Crippen LogP) is 0.444. The molecule has 0 saturated carbocycles. The SMILES string of the molecule is CC1(CCC(=O)OSOC(=O)CCC2(C)OCC(CO)O2)OCC(CO)O1. The summed E-state index contributed by atoms with van der Waals surface area (Å²) in [7, 11) is 0. The van der Waals surface area contributed by atoms with Crippen LogP contribution in [0.5, 0.6) is 0 Å². The van der Waals surface area contributed by atoms with E-state index in [4.69, 9.17) is 37.5 Å². The van der Waals surface area contributed by atoms with Gasteiger partial charge in [0.1, 0.15) is 12.2 Å². The number of carbonyl (C=O) groups is 2. The molecule has 0 aromatic rings. The summed E-state index contributed by atoms with van der Waals surface area (Å²) in [5.41, 5.74) is 0. The molecule has 4 atom stereocenters. The molecule has 0 aromatic heterocycles. The highest BCUT2D eigenvalue weighted by atomic mass is 32.2. The van der Waals surface area contributed by atoms with Gasteiger partial charge in [-0.3, -0.25) is 9.59 Å². The van der Waals surface area contributed by atoms with Crippen molar-refractivity contribution in [1.29, 1.82) is 0 Å². The zero-order chi connectivity index (χ0) is 19.9. The Labute approximate surface area is 161 Å². The van der Waals surface area contributed by atoms with Crippen LogP contribution in [0.4, 0.5) is 0 Å². The maximum absolute atomic E-state index is 11.7. The van der Waals surface area contributed by atoms with E-state index in [1.807, 2.05) is 0 Å². The third kappa shape index (κ3) is 7.18. The molecule has 2 aliphatic rings. The summed E-state index contributed by atoms with van der Waals surface area (Å²) >= 11 is 0.300. The van der Waals surface area contributed by atoms with Crippen molar-refractivity contribution in [3.8, 4) is 0 Å². The van der Waals surface area contributed by atoms with Crippen LogP contribution in [0.3, 0.4) is 0 Å². The first-order valence-corrected chi connectivity index (χ1v) is 9.36. The van der Waals surface area contributed by atoms with Crippen molar-refractivity contribution in [2.24, 2.45) is 0 Å². The summed E-state index contributed by atoms with van der Waals surface area (Å²) in [6.45, 7) is 3.58. The van der Waals surface area contributed by atoms with Gasteiger partial charge in [-0.25, -0.2) is 0 Å². The fourth-order valence-corrected chi connectivity index (χ4v) is 3.01. The Morgan fingerprint density at radius 3 is 1.67 bits per heavy atom. The molecule has 2 saturated heterocycles. The van der Waals surface area contributed by atoms with E-state index < -0.39 is 35.7 Å². The van der Waals surface area contributed by atoms with Gasteiger partial charge in [-0.05, 0) is 13.8 Å². The van der Waals surface area contributed by atoms with Crippen molar-refractivity contribution in [1.82, 2.24) is 0 Å². The Bertz CT molecular complexity index is 473. The second-order valence-corrected chi connectivity index (χ2v) is 7.18. The van der Waals surface area contributed by atoms with Crippen LogP contribution in [0.1, 0.15) is 39.5 Å². The highest BCUT2D eigenvalue weighted by Gasteiger charge is 2.38. The van der Waals surface area contributed by atoms with Gasteiger partial charge in [-0.15, -0.1) is 0 Å². The molecular formula is C16H26O10S. The second-order valence-electron chi connectivity index (χ2n) is 6.71. The van der Waals surface area contributed by atoms with E-state index in [1.54, 1.807) is 13.8 Å². The second kappa shape index (κ2) is 10.0. The lowest BCUT2D eigenvalue weighted by atomic mass is 10.2. The standard InChI is InChI=1S/C16H26O10S/c1-15(21-9-11(7-17)23-15)5-3-13(19)25-27-26-14(20)4-6-16(2)22-10-12(8-18)24-16/h11-12,17-18H,3-10H2,1-2H3. The smallest absolute Gasteiger partial charge is 0.321 e. The van der Waals surface area contributed by atoms with Crippen LogP contribution >= 0.6 is 12.3 Å². The van der Waals surface area contributed by atoms with Crippen LogP contribution in [-0.2, 0) is 36.9 Å². The molecule has 11 heteroatoms. The molecule has 0 bridgehead atoms. The molecule has 2 heterocycles. The Morgan fingerprint density at radius 2 is 1.33 bits per heavy atom. The van der Waals surface area contributed by atoms with Crippen LogP contribution < -0.4 is 0 Å². The molecule has 0 aliphatic carbocycles. The molecular weight excluding hydrogens is 384 g/mol. The molecule has 0 radical (unpaired) electrons. The third-order valence-corrected chi connectivity index (χ3v) is 4.72. The van der Waals surface area contributed by atoms with Gasteiger partial charge in [-0.1, -0.05) is 0 Å². The number of hydrogen-bond donors (Lipinski definition) is 2. The topological polar surface area (TPSA) is 130 Å². The van der Waals surface area contributed by atoms with Crippen LogP contribution in [-0.4, -0.2) is 72.4 Å². The van der Waals surface area contributed by atoms with Crippen molar-refractivity contribution in [3.05, 3.63) is 0 Å². The largest absolute Gasteiger partial charge is 0.394 e. The van der Waals surface area contributed by atoms with Crippen molar-refractivity contribution >= 4 is 24.3 Å². The van der Waals surface area contributed by atoms with Gasteiger partial charge < -0.3 is 37.5 Å². The summed E-state index contributed by atoms with van der Waals surface area (Å²) in [5.74, 6) is -3.07. The lowest BCUT2D eigenvalue weighted by Crippen LogP contribution is -2.28. The predicted molar refractivity (Wildman–Crippen MR) is 90.9 cm³/mol. The summed E-state index contributed by atoms with van der Waals surface area (Å²) in [6, 6.07) is 0. The highest BCUT2D eigenvalue weighted by Crippen LogP contribution is 2.29. The minimum Gasteiger partial charge on any atom is -0.394 e. The van der Waals surface area contributed by atoms with E-state index >= 15 is 0 Å². The Morgan fingerprint density at radius 1 is 0.926 bits per heavy atom. The lowest BCUT2D eigenvalue weighted by molar-refractivity contribution is -0.168. The molecule has 10 nitrogen and oxygen atoms in total. The van der Waals surface area contributed by atoms with Gasteiger partial charge >= 0.3 is 11.9 Å². The first-order chi connectivity index (χ1) is 12.8. The molecule has 2 N–H and O–H groups in total. The first kappa shape index (κ1) is 22.3.